The van der Waals surface area contributed by atoms with Crippen molar-refractivity contribution in [3.8, 4) is 0 Å². The monoisotopic (exact) mass is 296 g/mol. The minimum absolute atomic E-state index is 0.106. The van der Waals surface area contributed by atoms with Crippen molar-refractivity contribution in [1.29, 1.82) is 0 Å². The van der Waals surface area contributed by atoms with E-state index >= 15 is 0 Å². The lowest BCUT2D eigenvalue weighted by Crippen LogP contribution is -2.42. The summed E-state index contributed by atoms with van der Waals surface area (Å²) in [5.74, 6) is -0.213. The first-order valence-corrected chi connectivity index (χ1v) is 6.24. The molecule has 1 aliphatic rings. The van der Waals surface area contributed by atoms with Crippen molar-refractivity contribution in [2.24, 2.45) is 0 Å². The van der Waals surface area contributed by atoms with E-state index in [9.17, 15) is 9.59 Å². The molecule has 0 saturated carbocycles. The van der Waals surface area contributed by atoms with Crippen LogP contribution in [0, 0.1) is 0 Å². The molecule has 5 heteroatoms. The highest BCUT2D eigenvalue weighted by atomic mass is 79.9. The Hall–Kier alpha value is -1.36. The normalized spacial score (nSPS) is 17.4. The van der Waals surface area contributed by atoms with Gasteiger partial charge in [0.05, 0.1) is 0 Å². The highest BCUT2D eigenvalue weighted by molar-refractivity contribution is 9.10. The fraction of sp³-hybridized carbons (Fsp3) is 0.333. The molecule has 0 bridgehead atoms. The maximum Gasteiger partial charge on any atom is 0.231 e. The smallest absolute Gasteiger partial charge is 0.231 e. The molecule has 90 valence electrons. The second-order valence-corrected chi connectivity index (χ2v) is 4.90. The standard InChI is InChI=1S/C12H13BrN2O2/c1-8(15-11(16)5-6-12(15)17)14-10-4-2-3-9(13)7-10/h2-4,7-8,14H,5-6H2,1H3. The molecule has 2 rings (SSSR count). The Bertz CT molecular complexity index is 446. The molecule has 0 aromatic heterocycles. The van der Waals surface area contributed by atoms with Crippen LogP contribution in [-0.4, -0.2) is 22.9 Å². The minimum Gasteiger partial charge on any atom is -0.365 e. The summed E-state index contributed by atoms with van der Waals surface area (Å²) in [6, 6.07) is 7.61. The molecule has 4 nitrogen and oxygen atoms in total. The number of nitrogens with zero attached hydrogens (tertiary/aromatic N) is 1. The quantitative estimate of drug-likeness (QED) is 0.871. The Morgan fingerprint density at radius 3 is 2.53 bits per heavy atom. The van der Waals surface area contributed by atoms with Gasteiger partial charge in [0.1, 0.15) is 6.17 Å². The SMILES string of the molecule is CC(Nc1cccc(Br)c1)N1C(=O)CCC1=O. The van der Waals surface area contributed by atoms with Gasteiger partial charge >= 0.3 is 0 Å². The number of carbonyl (C=O) groups is 2. The van der Waals surface area contributed by atoms with E-state index in [1.54, 1.807) is 0 Å². The van der Waals surface area contributed by atoms with Crippen LogP contribution in [0.3, 0.4) is 0 Å². The molecule has 1 N–H and O–H groups in total. The summed E-state index contributed by atoms with van der Waals surface area (Å²) >= 11 is 3.37. The van der Waals surface area contributed by atoms with Crippen LogP contribution < -0.4 is 5.32 Å². The summed E-state index contributed by atoms with van der Waals surface area (Å²) in [6.07, 6.45) is 0.332. The number of halogens is 1. The number of amides is 2. The highest BCUT2D eigenvalue weighted by Crippen LogP contribution is 2.20. The molecular formula is C12H13BrN2O2. The van der Waals surface area contributed by atoms with Crippen LogP contribution in [0.15, 0.2) is 28.7 Å². The van der Waals surface area contributed by atoms with Gasteiger partial charge in [-0.25, -0.2) is 0 Å². The molecule has 1 unspecified atom stereocenters. The molecule has 0 spiro atoms. The number of hydrogen-bond acceptors (Lipinski definition) is 3. The fourth-order valence-corrected chi connectivity index (χ4v) is 2.31. The Labute approximate surface area is 108 Å². The molecule has 1 atom stereocenters. The second kappa shape index (κ2) is 4.87. The van der Waals surface area contributed by atoms with E-state index in [1.807, 2.05) is 31.2 Å². The third kappa shape index (κ3) is 2.66. The molecule has 2 amide bonds. The summed E-state index contributed by atoms with van der Waals surface area (Å²) in [6.45, 7) is 1.81. The average Bonchev–Trinajstić information content (AvgIpc) is 2.58. The van der Waals surface area contributed by atoms with Crippen LogP contribution in [0.2, 0.25) is 0 Å². The molecular weight excluding hydrogens is 284 g/mol. The summed E-state index contributed by atoms with van der Waals surface area (Å²) < 4.78 is 0.953. The third-order valence-corrected chi connectivity index (χ3v) is 3.17. The molecule has 1 aliphatic heterocycles. The number of anilines is 1. The first kappa shape index (κ1) is 12.1. The van der Waals surface area contributed by atoms with E-state index in [1.165, 1.54) is 4.90 Å². The van der Waals surface area contributed by atoms with Crippen molar-refractivity contribution in [3.63, 3.8) is 0 Å². The lowest BCUT2D eigenvalue weighted by Gasteiger charge is -2.24. The zero-order valence-electron chi connectivity index (χ0n) is 9.44. The van der Waals surface area contributed by atoms with Crippen LogP contribution in [-0.2, 0) is 9.59 Å². The van der Waals surface area contributed by atoms with Gasteiger partial charge in [-0.05, 0) is 25.1 Å². The number of likely N-dealkylation sites (tertiary alicyclic amines) is 1. The van der Waals surface area contributed by atoms with Crippen molar-refractivity contribution >= 4 is 33.4 Å². The van der Waals surface area contributed by atoms with E-state index in [0.29, 0.717) is 12.8 Å². The average molecular weight is 297 g/mol. The number of nitrogens with one attached hydrogen (secondary N) is 1. The summed E-state index contributed by atoms with van der Waals surface area (Å²) in [5.41, 5.74) is 0.874. The van der Waals surface area contributed by atoms with Gasteiger partial charge in [0.2, 0.25) is 11.8 Å². The molecule has 1 saturated heterocycles. The van der Waals surface area contributed by atoms with Gasteiger partial charge in [-0.3, -0.25) is 14.5 Å². The van der Waals surface area contributed by atoms with Gasteiger partial charge in [-0.1, -0.05) is 22.0 Å². The second-order valence-electron chi connectivity index (χ2n) is 3.99. The molecule has 1 aromatic rings. The lowest BCUT2D eigenvalue weighted by atomic mass is 10.3. The van der Waals surface area contributed by atoms with Gasteiger partial charge in [0, 0.05) is 23.0 Å². The molecule has 17 heavy (non-hydrogen) atoms. The van der Waals surface area contributed by atoms with Gasteiger partial charge < -0.3 is 5.32 Å². The molecule has 0 radical (unpaired) electrons. The van der Waals surface area contributed by atoms with Crippen molar-refractivity contribution < 1.29 is 9.59 Å². The van der Waals surface area contributed by atoms with E-state index < -0.39 is 0 Å². The van der Waals surface area contributed by atoms with Crippen LogP contribution in [0.5, 0.6) is 0 Å². The summed E-state index contributed by atoms with van der Waals surface area (Å²) in [5, 5.41) is 3.14. The zero-order chi connectivity index (χ0) is 12.4. The largest absolute Gasteiger partial charge is 0.365 e. The van der Waals surface area contributed by atoms with E-state index in [0.717, 1.165) is 10.2 Å². The number of imide groups is 1. The maximum atomic E-state index is 11.5. The first-order chi connectivity index (χ1) is 8.08. The Balaban J connectivity index is 2.08. The van der Waals surface area contributed by atoms with E-state index in [4.69, 9.17) is 0 Å². The number of carbonyl (C=O) groups excluding carboxylic acids is 2. The number of rotatable bonds is 3. The van der Waals surface area contributed by atoms with Crippen LogP contribution in [0.25, 0.3) is 0 Å². The molecule has 1 heterocycles. The van der Waals surface area contributed by atoms with Crippen molar-refractivity contribution in [2.45, 2.75) is 25.9 Å². The third-order valence-electron chi connectivity index (χ3n) is 2.68. The van der Waals surface area contributed by atoms with Crippen LogP contribution >= 0.6 is 15.9 Å². The van der Waals surface area contributed by atoms with E-state index in [-0.39, 0.29) is 18.0 Å². The fourth-order valence-electron chi connectivity index (χ4n) is 1.91. The molecule has 1 fully saturated rings. The Kier molecular flexibility index (Phi) is 3.47. The maximum absolute atomic E-state index is 11.5. The van der Waals surface area contributed by atoms with Crippen LogP contribution in [0.1, 0.15) is 19.8 Å². The van der Waals surface area contributed by atoms with Gasteiger partial charge in [-0.2, -0.15) is 0 Å². The Morgan fingerprint density at radius 1 is 1.29 bits per heavy atom. The lowest BCUT2D eigenvalue weighted by molar-refractivity contribution is -0.140. The Morgan fingerprint density at radius 2 is 1.94 bits per heavy atom. The van der Waals surface area contributed by atoms with Crippen molar-refractivity contribution in [1.82, 2.24) is 4.90 Å². The topological polar surface area (TPSA) is 49.4 Å². The van der Waals surface area contributed by atoms with Gasteiger partial charge in [0.25, 0.3) is 0 Å². The minimum atomic E-state index is -0.313. The molecule has 1 aromatic carbocycles. The number of hydrogen-bond donors (Lipinski definition) is 1. The van der Waals surface area contributed by atoms with Crippen molar-refractivity contribution in [2.75, 3.05) is 5.32 Å². The summed E-state index contributed by atoms with van der Waals surface area (Å²) in [7, 11) is 0. The summed E-state index contributed by atoms with van der Waals surface area (Å²) in [4.78, 5) is 24.4. The predicted octanol–water partition coefficient (Wildman–Crippen LogP) is 2.36. The predicted molar refractivity (Wildman–Crippen MR) is 68.3 cm³/mol. The first-order valence-electron chi connectivity index (χ1n) is 5.45. The van der Waals surface area contributed by atoms with E-state index in [2.05, 4.69) is 21.2 Å². The van der Waals surface area contributed by atoms with Gasteiger partial charge in [-0.15, -0.1) is 0 Å². The van der Waals surface area contributed by atoms with Gasteiger partial charge in [0.15, 0.2) is 0 Å². The number of benzene rings is 1. The highest BCUT2D eigenvalue weighted by Gasteiger charge is 2.32. The van der Waals surface area contributed by atoms with Crippen molar-refractivity contribution in [3.05, 3.63) is 28.7 Å². The molecule has 0 aliphatic carbocycles. The van der Waals surface area contributed by atoms with Crippen LogP contribution in [0.4, 0.5) is 5.69 Å². The zero-order valence-corrected chi connectivity index (χ0v) is 11.0.